The smallest absolute Gasteiger partial charge is 0.387 e. The van der Waals surface area contributed by atoms with Gasteiger partial charge >= 0.3 is 6.61 Å². The maximum atomic E-state index is 12.4. The second-order valence-electron chi connectivity index (χ2n) is 4.77. The molecule has 0 heterocycles. The fraction of sp³-hybridized carbons (Fsp3) is 0.500. The van der Waals surface area contributed by atoms with Gasteiger partial charge in [-0.1, -0.05) is 32.4 Å². The Morgan fingerprint density at radius 3 is 2.35 bits per heavy atom. The lowest BCUT2D eigenvalue weighted by molar-refractivity contribution is -0.0514. The lowest BCUT2D eigenvalue weighted by Gasteiger charge is -2.24. The van der Waals surface area contributed by atoms with Gasteiger partial charge < -0.3 is 10.5 Å². The van der Waals surface area contributed by atoms with Gasteiger partial charge in [0.05, 0.1) is 0 Å². The number of halogens is 3. The molecule has 2 N–H and O–H groups in total. The van der Waals surface area contributed by atoms with Crippen molar-refractivity contribution in [1.29, 1.82) is 0 Å². The molecule has 5 heteroatoms. The van der Waals surface area contributed by atoms with E-state index in [4.69, 9.17) is 17.3 Å². The lowest BCUT2D eigenvalue weighted by Crippen LogP contribution is -2.17. The minimum absolute atomic E-state index is 0.103. The van der Waals surface area contributed by atoms with Crippen molar-refractivity contribution in [2.75, 3.05) is 0 Å². The first-order valence-corrected chi connectivity index (χ1v) is 5.61. The van der Waals surface area contributed by atoms with E-state index in [9.17, 15) is 8.78 Å². The molecule has 0 unspecified atom stereocenters. The van der Waals surface area contributed by atoms with Crippen molar-refractivity contribution in [3.05, 3.63) is 28.3 Å². The van der Waals surface area contributed by atoms with Gasteiger partial charge in [-0.05, 0) is 17.5 Å². The maximum Gasteiger partial charge on any atom is 0.387 e. The molecule has 0 radical (unpaired) electrons. The van der Waals surface area contributed by atoms with Gasteiger partial charge in [0.2, 0.25) is 0 Å². The van der Waals surface area contributed by atoms with Crippen LogP contribution < -0.4 is 10.5 Å². The number of ether oxygens (including phenoxy) is 1. The second-order valence-corrected chi connectivity index (χ2v) is 5.21. The van der Waals surface area contributed by atoms with Gasteiger partial charge in [-0.25, -0.2) is 0 Å². The Labute approximate surface area is 105 Å². The van der Waals surface area contributed by atoms with Crippen LogP contribution in [-0.4, -0.2) is 6.61 Å². The zero-order valence-corrected chi connectivity index (χ0v) is 10.8. The van der Waals surface area contributed by atoms with Crippen molar-refractivity contribution in [2.24, 2.45) is 5.73 Å². The molecule has 2 nitrogen and oxygen atoms in total. The van der Waals surface area contributed by atoms with Crippen LogP contribution in [0.3, 0.4) is 0 Å². The third-order valence-electron chi connectivity index (χ3n) is 2.37. The molecule has 1 aromatic carbocycles. The highest BCUT2D eigenvalue weighted by atomic mass is 35.5. The first-order valence-electron chi connectivity index (χ1n) is 5.23. The van der Waals surface area contributed by atoms with Crippen LogP contribution in [0, 0.1) is 0 Å². The zero-order chi connectivity index (χ0) is 13.2. The molecule has 96 valence electrons. The normalized spacial score (nSPS) is 12.0. The molecule has 17 heavy (non-hydrogen) atoms. The average Bonchev–Trinajstić information content (AvgIpc) is 2.17. The Morgan fingerprint density at radius 2 is 1.94 bits per heavy atom. The zero-order valence-electron chi connectivity index (χ0n) is 10.1. The molecule has 0 aliphatic rings. The largest absolute Gasteiger partial charge is 0.434 e. The molecular formula is C12H16ClF2NO. The Hall–Kier alpha value is -0.870. The summed E-state index contributed by atoms with van der Waals surface area (Å²) >= 11 is 5.94. The molecule has 0 atom stereocenters. The number of hydrogen-bond acceptors (Lipinski definition) is 2. The predicted octanol–water partition coefficient (Wildman–Crippen LogP) is 3.70. The first kappa shape index (κ1) is 14.2. The quantitative estimate of drug-likeness (QED) is 0.903. The van der Waals surface area contributed by atoms with Crippen molar-refractivity contribution < 1.29 is 13.5 Å². The van der Waals surface area contributed by atoms with Gasteiger partial charge in [-0.3, -0.25) is 0 Å². The molecule has 0 fully saturated rings. The van der Waals surface area contributed by atoms with E-state index in [1.54, 1.807) is 12.1 Å². The highest BCUT2D eigenvalue weighted by Crippen LogP contribution is 2.37. The van der Waals surface area contributed by atoms with Crippen molar-refractivity contribution in [2.45, 2.75) is 39.3 Å². The Morgan fingerprint density at radius 1 is 1.35 bits per heavy atom. The van der Waals surface area contributed by atoms with Crippen LogP contribution in [0.4, 0.5) is 8.78 Å². The summed E-state index contributed by atoms with van der Waals surface area (Å²) in [6, 6.07) is 3.19. The van der Waals surface area contributed by atoms with Crippen molar-refractivity contribution >= 4 is 11.6 Å². The highest BCUT2D eigenvalue weighted by Gasteiger charge is 2.24. The van der Waals surface area contributed by atoms with E-state index in [0.29, 0.717) is 16.1 Å². The van der Waals surface area contributed by atoms with Crippen LogP contribution >= 0.6 is 11.6 Å². The fourth-order valence-electron chi connectivity index (χ4n) is 1.59. The summed E-state index contributed by atoms with van der Waals surface area (Å²) in [6.45, 7) is 2.93. The van der Waals surface area contributed by atoms with Crippen LogP contribution in [0.1, 0.15) is 31.9 Å². The summed E-state index contributed by atoms with van der Waals surface area (Å²) in [6.07, 6.45) is 0. The molecule has 1 rings (SSSR count). The predicted molar refractivity (Wildman–Crippen MR) is 64.7 cm³/mol. The van der Waals surface area contributed by atoms with Gasteiger partial charge in [-0.2, -0.15) is 8.78 Å². The van der Waals surface area contributed by atoms with E-state index in [1.165, 1.54) is 0 Å². The Balaban J connectivity index is 3.39. The van der Waals surface area contributed by atoms with E-state index in [2.05, 4.69) is 4.74 Å². The summed E-state index contributed by atoms with van der Waals surface area (Å²) in [5.41, 5.74) is 6.29. The van der Waals surface area contributed by atoms with Crippen molar-refractivity contribution in [3.63, 3.8) is 0 Å². The third-order valence-corrected chi connectivity index (χ3v) is 2.58. The molecule has 0 amide bonds. The van der Waals surface area contributed by atoms with Crippen LogP contribution in [0.25, 0.3) is 0 Å². The van der Waals surface area contributed by atoms with Crippen molar-refractivity contribution in [3.8, 4) is 5.75 Å². The molecule has 0 spiro atoms. The van der Waals surface area contributed by atoms with Crippen molar-refractivity contribution in [1.82, 2.24) is 0 Å². The minimum atomic E-state index is -2.87. The molecule has 1 aromatic rings. The molecule has 0 aliphatic heterocycles. The Kier molecular flexibility index (Phi) is 4.33. The number of nitrogens with two attached hydrogens (primary N) is 1. The summed E-state index contributed by atoms with van der Waals surface area (Å²) in [7, 11) is 0. The highest BCUT2D eigenvalue weighted by molar-refractivity contribution is 6.30. The third kappa shape index (κ3) is 3.54. The van der Waals surface area contributed by atoms with Crippen LogP contribution in [-0.2, 0) is 12.0 Å². The van der Waals surface area contributed by atoms with Crippen LogP contribution in [0.2, 0.25) is 5.02 Å². The summed E-state index contributed by atoms with van der Waals surface area (Å²) in [4.78, 5) is 0. The Bertz CT molecular complexity index is 402. The second kappa shape index (κ2) is 5.19. The number of benzene rings is 1. The first-order chi connectivity index (χ1) is 7.75. The van der Waals surface area contributed by atoms with Crippen LogP contribution in [0.15, 0.2) is 12.1 Å². The van der Waals surface area contributed by atoms with E-state index in [1.807, 2.05) is 20.8 Å². The van der Waals surface area contributed by atoms with E-state index < -0.39 is 6.61 Å². The van der Waals surface area contributed by atoms with Gasteiger partial charge in [0, 0.05) is 22.7 Å². The van der Waals surface area contributed by atoms with Gasteiger partial charge in [0.1, 0.15) is 5.75 Å². The van der Waals surface area contributed by atoms with E-state index >= 15 is 0 Å². The van der Waals surface area contributed by atoms with E-state index in [0.717, 1.165) is 0 Å². The topological polar surface area (TPSA) is 35.2 Å². The molecule has 0 aromatic heterocycles. The summed E-state index contributed by atoms with van der Waals surface area (Å²) in [5.74, 6) is 0.138. The van der Waals surface area contributed by atoms with Gasteiger partial charge in [0.25, 0.3) is 0 Å². The molecule has 0 bridgehead atoms. The SMILES string of the molecule is CC(C)(C)c1cc(Cl)cc(CN)c1OC(F)F. The molecule has 0 saturated heterocycles. The lowest BCUT2D eigenvalue weighted by atomic mass is 9.85. The number of alkyl halides is 2. The maximum absolute atomic E-state index is 12.4. The standard InChI is InChI=1S/C12H16ClF2NO/c1-12(2,3)9-5-8(13)4-7(6-16)10(9)17-11(14)15/h4-5,11H,6,16H2,1-3H3. The minimum Gasteiger partial charge on any atom is -0.434 e. The van der Waals surface area contributed by atoms with E-state index in [-0.39, 0.29) is 17.7 Å². The monoisotopic (exact) mass is 263 g/mol. The molecular weight excluding hydrogens is 248 g/mol. The van der Waals surface area contributed by atoms with Crippen LogP contribution in [0.5, 0.6) is 5.75 Å². The fourth-order valence-corrected chi connectivity index (χ4v) is 1.83. The number of rotatable bonds is 3. The van der Waals surface area contributed by atoms with Gasteiger partial charge in [-0.15, -0.1) is 0 Å². The average molecular weight is 264 g/mol. The summed E-state index contributed by atoms with van der Waals surface area (Å²) in [5, 5.41) is 0.469. The molecule has 0 aliphatic carbocycles. The summed E-state index contributed by atoms with van der Waals surface area (Å²) < 4.78 is 29.4. The van der Waals surface area contributed by atoms with Gasteiger partial charge in [0.15, 0.2) is 0 Å². The number of hydrogen-bond donors (Lipinski definition) is 1. The molecule has 0 saturated carbocycles.